The Labute approximate surface area is 147 Å². The van der Waals surface area contributed by atoms with Crippen molar-refractivity contribution < 1.29 is 13.5 Å². The minimum Gasteiger partial charge on any atom is -0.356 e. The molecule has 3 N–H and O–H groups in total. The van der Waals surface area contributed by atoms with Gasteiger partial charge in [0.2, 0.25) is 5.91 Å². The minimum atomic E-state index is -0.588. The molecule has 0 saturated heterocycles. The summed E-state index contributed by atoms with van der Waals surface area (Å²) in [6.07, 6.45) is 6.00. The summed E-state index contributed by atoms with van der Waals surface area (Å²) in [5.74, 6) is 0.562. The van der Waals surface area contributed by atoms with Gasteiger partial charge in [-0.15, -0.1) is 0 Å². The van der Waals surface area contributed by atoms with Crippen molar-refractivity contribution in [2.75, 3.05) is 11.9 Å². The summed E-state index contributed by atoms with van der Waals surface area (Å²) in [5, 5.41) is 6.67. The molecule has 0 atom stereocenters. The van der Waals surface area contributed by atoms with E-state index in [9.17, 15) is 9.18 Å². The Morgan fingerprint density at radius 2 is 2.28 bits per heavy atom. The zero-order valence-electron chi connectivity index (χ0n) is 13.6. The van der Waals surface area contributed by atoms with Gasteiger partial charge in [0.15, 0.2) is 5.82 Å². The first-order valence-corrected chi connectivity index (χ1v) is 8.14. The number of rotatable bonds is 5. The standard InChI is InChI=1S/C17H17FN6O.3H2/c1-2-19-16(25)17(4-5-17)24-13-3-6-20-15(23-13)12-9-22-14-11(12)7-10(18)8-21-14;;;/h3,6-9H,2,4-5H2,1H3,(H,19,25)(H,21,22)(H,20,23,24);3*1H. The summed E-state index contributed by atoms with van der Waals surface area (Å²) in [4.78, 5) is 27.9. The molecule has 3 aromatic rings. The van der Waals surface area contributed by atoms with Crippen molar-refractivity contribution in [3.8, 4) is 11.4 Å². The van der Waals surface area contributed by atoms with Crippen LogP contribution in [0.25, 0.3) is 22.4 Å². The molecule has 8 heteroatoms. The van der Waals surface area contributed by atoms with Crippen LogP contribution in [0, 0.1) is 5.82 Å². The topological polar surface area (TPSA) is 95.6 Å². The Balaban J connectivity index is 0.00000131. The van der Waals surface area contributed by atoms with E-state index < -0.39 is 11.4 Å². The first-order chi connectivity index (χ1) is 12.1. The van der Waals surface area contributed by atoms with E-state index in [1.807, 2.05) is 6.92 Å². The molecule has 0 unspecified atom stereocenters. The molecule has 0 aromatic carbocycles. The number of hydrogen-bond acceptors (Lipinski definition) is 5. The zero-order valence-corrected chi connectivity index (χ0v) is 13.6. The highest BCUT2D eigenvalue weighted by molar-refractivity contribution is 5.93. The third-order valence-electron chi connectivity index (χ3n) is 4.28. The summed E-state index contributed by atoms with van der Waals surface area (Å²) in [6.45, 7) is 2.48. The predicted octanol–water partition coefficient (Wildman–Crippen LogP) is 2.98. The first kappa shape index (κ1) is 15.5. The van der Waals surface area contributed by atoms with Gasteiger partial charge in [-0.1, -0.05) is 0 Å². The Hall–Kier alpha value is -3.03. The molecule has 1 saturated carbocycles. The van der Waals surface area contributed by atoms with Gasteiger partial charge >= 0.3 is 0 Å². The molecular formula is C17H23FN6O. The number of aromatic amines is 1. The molecule has 0 spiro atoms. The normalized spacial score (nSPS) is 15.1. The highest BCUT2D eigenvalue weighted by Gasteiger charge is 2.50. The Kier molecular flexibility index (Phi) is 3.60. The minimum absolute atomic E-state index is 0. The largest absolute Gasteiger partial charge is 0.356 e. The summed E-state index contributed by atoms with van der Waals surface area (Å²) < 4.78 is 13.5. The quantitative estimate of drug-likeness (QED) is 0.660. The molecule has 1 aliphatic rings. The average Bonchev–Trinajstić information content (AvgIpc) is 3.27. The van der Waals surface area contributed by atoms with Gasteiger partial charge in [0, 0.05) is 34.2 Å². The van der Waals surface area contributed by atoms with Crippen LogP contribution in [-0.2, 0) is 4.79 Å². The van der Waals surface area contributed by atoms with Gasteiger partial charge in [0.1, 0.15) is 22.8 Å². The van der Waals surface area contributed by atoms with E-state index >= 15 is 0 Å². The van der Waals surface area contributed by atoms with Crippen LogP contribution in [0.4, 0.5) is 10.2 Å². The lowest BCUT2D eigenvalue weighted by Crippen LogP contribution is -2.41. The van der Waals surface area contributed by atoms with Gasteiger partial charge in [-0.05, 0) is 31.9 Å². The Morgan fingerprint density at radius 3 is 3.04 bits per heavy atom. The SMILES string of the molecule is CCNC(=O)C1(Nc2ccnc(-c3c[nH]c4ncc(F)cc34)n2)CC1.[HH].[HH].[HH]. The number of hydrogen-bond donors (Lipinski definition) is 3. The van der Waals surface area contributed by atoms with Gasteiger partial charge in [0.05, 0.1) is 6.20 Å². The van der Waals surface area contributed by atoms with Crippen LogP contribution in [0.3, 0.4) is 0 Å². The van der Waals surface area contributed by atoms with Crippen molar-refractivity contribution in [1.29, 1.82) is 0 Å². The van der Waals surface area contributed by atoms with E-state index in [0.29, 0.717) is 34.8 Å². The molecule has 0 bridgehead atoms. The molecule has 7 nitrogen and oxygen atoms in total. The smallest absolute Gasteiger partial charge is 0.245 e. The van der Waals surface area contributed by atoms with Crippen molar-refractivity contribution in [3.63, 3.8) is 0 Å². The summed E-state index contributed by atoms with van der Waals surface area (Å²) in [6, 6.07) is 3.12. The van der Waals surface area contributed by atoms with E-state index in [1.54, 1.807) is 18.5 Å². The second kappa shape index (κ2) is 5.80. The van der Waals surface area contributed by atoms with E-state index in [2.05, 4.69) is 30.6 Å². The van der Waals surface area contributed by atoms with Gasteiger partial charge in [-0.25, -0.2) is 19.3 Å². The monoisotopic (exact) mass is 346 g/mol. The van der Waals surface area contributed by atoms with Crippen molar-refractivity contribution in [1.82, 2.24) is 25.3 Å². The van der Waals surface area contributed by atoms with Crippen molar-refractivity contribution >= 4 is 22.8 Å². The number of likely N-dealkylation sites (N-methyl/N-ethyl adjacent to an activating group) is 1. The van der Waals surface area contributed by atoms with Gasteiger partial charge in [-0.2, -0.15) is 0 Å². The second-order valence-electron chi connectivity index (χ2n) is 6.08. The van der Waals surface area contributed by atoms with Crippen molar-refractivity contribution in [2.45, 2.75) is 25.3 Å². The number of aromatic nitrogens is 4. The third-order valence-corrected chi connectivity index (χ3v) is 4.28. The molecular weight excluding hydrogens is 323 g/mol. The lowest BCUT2D eigenvalue weighted by atomic mass is 10.2. The molecule has 25 heavy (non-hydrogen) atoms. The fourth-order valence-electron chi connectivity index (χ4n) is 2.83. The van der Waals surface area contributed by atoms with E-state index in [-0.39, 0.29) is 10.2 Å². The summed E-state index contributed by atoms with van der Waals surface area (Å²) in [7, 11) is 0. The number of carbonyl (C=O) groups excluding carboxylic acids is 1. The number of pyridine rings is 1. The fraction of sp³-hybridized carbons (Fsp3) is 0.294. The van der Waals surface area contributed by atoms with Crippen LogP contribution in [-0.4, -0.2) is 37.9 Å². The van der Waals surface area contributed by atoms with E-state index in [4.69, 9.17) is 0 Å². The molecule has 134 valence electrons. The Bertz CT molecular complexity index is 963. The number of carbonyl (C=O) groups is 1. The number of amides is 1. The molecule has 0 aliphatic heterocycles. The van der Waals surface area contributed by atoms with Crippen LogP contribution in [0.2, 0.25) is 0 Å². The predicted molar refractivity (Wildman–Crippen MR) is 97.7 cm³/mol. The molecule has 3 heterocycles. The fourth-order valence-corrected chi connectivity index (χ4v) is 2.83. The molecule has 3 aromatic heterocycles. The average molecular weight is 346 g/mol. The number of nitrogens with one attached hydrogen (secondary N) is 3. The van der Waals surface area contributed by atoms with Gasteiger partial charge in [0.25, 0.3) is 0 Å². The Morgan fingerprint density at radius 1 is 1.44 bits per heavy atom. The number of anilines is 1. The lowest BCUT2D eigenvalue weighted by Gasteiger charge is -2.17. The lowest BCUT2D eigenvalue weighted by molar-refractivity contribution is -0.122. The van der Waals surface area contributed by atoms with Crippen LogP contribution in [0.15, 0.2) is 30.7 Å². The van der Waals surface area contributed by atoms with Crippen LogP contribution >= 0.6 is 0 Å². The summed E-state index contributed by atoms with van der Waals surface area (Å²) >= 11 is 0. The van der Waals surface area contributed by atoms with Crippen molar-refractivity contribution in [2.24, 2.45) is 0 Å². The van der Waals surface area contributed by atoms with E-state index in [0.717, 1.165) is 19.0 Å². The molecule has 1 aliphatic carbocycles. The highest BCUT2D eigenvalue weighted by Crippen LogP contribution is 2.39. The maximum Gasteiger partial charge on any atom is 0.245 e. The van der Waals surface area contributed by atoms with Gasteiger partial charge < -0.3 is 15.6 Å². The van der Waals surface area contributed by atoms with Crippen LogP contribution < -0.4 is 10.6 Å². The maximum atomic E-state index is 13.5. The molecule has 1 fully saturated rings. The highest BCUT2D eigenvalue weighted by atomic mass is 19.1. The number of nitrogens with zero attached hydrogens (tertiary/aromatic N) is 3. The molecule has 4 rings (SSSR count). The number of fused-ring (bicyclic) bond motifs is 1. The molecule has 1 amide bonds. The maximum absolute atomic E-state index is 13.5. The summed E-state index contributed by atoms with van der Waals surface area (Å²) in [5.41, 5.74) is 0.642. The van der Waals surface area contributed by atoms with E-state index in [1.165, 1.54) is 6.07 Å². The van der Waals surface area contributed by atoms with Crippen molar-refractivity contribution in [3.05, 3.63) is 36.5 Å². The number of H-pyrrole nitrogens is 1. The number of halogens is 1. The zero-order chi connectivity index (χ0) is 17.4. The first-order valence-electron chi connectivity index (χ1n) is 8.14. The molecule has 0 radical (unpaired) electrons. The van der Waals surface area contributed by atoms with Gasteiger partial charge in [-0.3, -0.25) is 4.79 Å². The third kappa shape index (κ3) is 2.79. The second-order valence-corrected chi connectivity index (χ2v) is 6.08. The van der Waals surface area contributed by atoms with Crippen LogP contribution in [0.1, 0.15) is 24.0 Å². The van der Waals surface area contributed by atoms with Crippen LogP contribution in [0.5, 0.6) is 0 Å².